The molecule has 0 bridgehead atoms. The lowest BCUT2D eigenvalue weighted by Gasteiger charge is -2.33. The quantitative estimate of drug-likeness (QED) is 0.885. The first kappa shape index (κ1) is 15.3. The van der Waals surface area contributed by atoms with Crippen LogP contribution in [-0.4, -0.2) is 47.1 Å². The van der Waals surface area contributed by atoms with Gasteiger partial charge in [-0.25, -0.2) is 9.78 Å². The largest absolute Gasteiger partial charge is 0.477 e. The van der Waals surface area contributed by atoms with Crippen molar-refractivity contribution in [3.05, 3.63) is 36.0 Å². The molecule has 112 valence electrons. The van der Waals surface area contributed by atoms with Crippen molar-refractivity contribution in [1.82, 2.24) is 9.88 Å². The molecule has 0 saturated heterocycles. The molecule has 0 aliphatic carbocycles. The highest BCUT2D eigenvalue weighted by atomic mass is 16.4. The summed E-state index contributed by atoms with van der Waals surface area (Å²) in [4.78, 5) is 17.6. The van der Waals surface area contributed by atoms with Gasteiger partial charge in [0.25, 0.3) is 0 Å². The molecule has 0 aliphatic heterocycles. The van der Waals surface area contributed by atoms with Crippen LogP contribution < -0.4 is 5.32 Å². The molecule has 0 radical (unpaired) electrons. The smallest absolute Gasteiger partial charge is 0.354 e. The molecular weight excluding hydrogens is 266 g/mol. The Bertz CT molecular complexity index is 666. The molecule has 1 aromatic carbocycles. The number of hydrogen-bond donors (Lipinski definition) is 2. The van der Waals surface area contributed by atoms with Crippen molar-refractivity contribution in [3.63, 3.8) is 0 Å². The summed E-state index contributed by atoms with van der Waals surface area (Å²) in [5, 5.41) is 14.3. The molecule has 2 aromatic rings. The van der Waals surface area contributed by atoms with E-state index in [1.807, 2.05) is 38.4 Å². The van der Waals surface area contributed by atoms with E-state index < -0.39 is 5.97 Å². The summed E-state index contributed by atoms with van der Waals surface area (Å²) in [7, 11) is 4.03. The van der Waals surface area contributed by atoms with E-state index in [0.717, 1.165) is 10.8 Å². The molecule has 0 saturated carbocycles. The fourth-order valence-electron chi connectivity index (χ4n) is 1.90. The summed E-state index contributed by atoms with van der Waals surface area (Å²) >= 11 is 0. The van der Waals surface area contributed by atoms with Crippen molar-refractivity contribution in [2.24, 2.45) is 0 Å². The minimum Gasteiger partial charge on any atom is -0.477 e. The molecule has 1 aromatic heterocycles. The van der Waals surface area contributed by atoms with Crippen molar-refractivity contribution < 1.29 is 9.90 Å². The Morgan fingerprint density at radius 2 is 2.00 bits per heavy atom. The average molecular weight is 287 g/mol. The van der Waals surface area contributed by atoms with Crippen molar-refractivity contribution >= 4 is 22.6 Å². The summed E-state index contributed by atoms with van der Waals surface area (Å²) in [6.45, 7) is 4.90. The van der Waals surface area contributed by atoms with Gasteiger partial charge in [0.15, 0.2) is 5.69 Å². The summed E-state index contributed by atoms with van der Waals surface area (Å²) in [6, 6.07) is 9.25. The van der Waals surface area contributed by atoms with Crippen LogP contribution in [-0.2, 0) is 0 Å². The first-order valence-electron chi connectivity index (χ1n) is 6.85. The maximum absolute atomic E-state index is 11.2. The minimum atomic E-state index is -1.02. The van der Waals surface area contributed by atoms with Gasteiger partial charge in [0, 0.05) is 17.5 Å². The van der Waals surface area contributed by atoms with Gasteiger partial charge in [-0.3, -0.25) is 0 Å². The number of benzene rings is 1. The second kappa shape index (κ2) is 5.69. The van der Waals surface area contributed by atoms with E-state index in [4.69, 9.17) is 0 Å². The van der Waals surface area contributed by atoms with Gasteiger partial charge in [-0.2, -0.15) is 0 Å². The van der Waals surface area contributed by atoms with Crippen LogP contribution in [0.15, 0.2) is 30.3 Å². The number of rotatable bonds is 5. The van der Waals surface area contributed by atoms with Crippen LogP contribution in [0, 0.1) is 0 Å². The molecule has 0 atom stereocenters. The molecule has 1 heterocycles. The SMILES string of the molecule is CN(C)C(C)(C)CNc1nc(C(=O)O)cc2ccccc12. The van der Waals surface area contributed by atoms with E-state index in [0.29, 0.717) is 12.4 Å². The molecule has 0 fully saturated rings. The molecule has 0 amide bonds. The lowest BCUT2D eigenvalue weighted by atomic mass is 10.0. The van der Waals surface area contributed by atoms with Gasteiger partial charge in [0.05, 0.1) is 0 Å². The highest BCUT2D eigenvalue weighted by Crippen LogP contribution is 2.23. The zero-order valence-electron chi connectivity index (χ0n) is 12.8. The van der Waals surface area contributed by atoms with Crippen LogP contribution in [0.4, 0.5) is 5.82 Å². The van der Waals surface area contributed by atoms with Crippen LogP contribution in [0.25, 0.3) is 10.8 Å². The molecule has 2 rings (SSSR count). The van der Waals surface area contributed by atoms with Gasteiger partial charge in [-0.15, -0.1) is 0 Å². The first-order chi connectivity index (χ1) is 9.81. The van der Waals surface area contributed by atoms with Crippen LogP contribution >= 0.6 is 0 Å². The van der Waals surface area contributed by atoms with E-state index in [9.17, 15) is 9.90 Å². The summed E-state index contributed by atoms with van der Waals surface area (Å²) in [6.07, 6.45) is 0. The van der Waals surface area contributed by atoms with E-state index in [-0.39, 0.29) is 11.2 Å². The van der Waals surface area contributed by atoms with Gasteiger partial charge in [-0.1, -0.05) is 24.3 Å². The highest BCUT2D eigenvalue weighted by Gasteiger charge is 2.21. The third-order valence-corrected chi connectivity index (χ3v) is 3.86. The fraction of sp³-hybridized carbons (Fsp3) is 0.375. The Morgan fingerprint density at radius 3 is 2.62 bits per heavy atom. The van der Waals surface area contributed by atoms with Gasteiger partial charge >= 0.3 is 5.97 Å². The topological polar surface area (TPSA) is 65.5 Å². The number of pyridine rings is 1. The van der Waals surface area contributed by atoms with E-state index in [1.165, 1.54) is 0 Å². The number of aromatic carboxylic acids is 1. The summed E-state index contributed by atoms with van der Waals surface area (Å²) < 4.78 is 0. The molecule has 0 aliphatic rings. The Balaban J connectivity index is 2.40. The van der Waals surface area contributed by atoms with E-state index in [1.54, 1.807) is 6.07 Å². The normalized spacial score (nSPS) is 11.9. The molecular formula is C16H21N3O2. The van der Waals surface area contributed by atoms with Gasteiger partial charge in [0.1, 0.15) is 5.82 Å². The number of likely N-dealkylation sites (N-methyl/N-ethyl adjacent to an activating group) is 1. The van der Waals surface area contributed by atoms with Crippen molar-refractivity contribution in [2.75, 3.05) is 26.0 Å². The van der Waals surface area contributed by atoms with E-state index in [2.05, 4.69) is 29.0 Å². The molecule has 21 heavy (non-hydrogen) atoms. The van der Waals surface area contributed by atoms with Crippen LogP contribution in [0.5, 0.6) is 0 Å². The Morgan fingerprint density at radius 1 is 1.33 bits per heavy atom. The van der Waals surface area contributed by atoms with Crippen molar-refractivity contribution in [1.29, 1.82) is 0 Å². The molecule has 0 spiro atoms. The Kier molecular flexibility index (Phi) is 4.14. The number of carboxylic acid groups (broad SMARTS) is 1. The maximum atomic E-state index is 11.2. The number of carboxylic acids is 1. The lowest BCUT2D eigenvalue weighted by molar-refractivity contribution is 0.0691. The number of aromatic nitrogens is 1. The van der Waals surface area contributed by atoms with Crippen LogP contribution in [0.2, 0.25) is 0 Å². The zero-order chi connectivity index (χ0) is 15.6. The molecule has 5 heteroatoms. The molecule has 0 unspecified atom stereocenters. The number of carbonyl (C=O) groups is 1. The van der Waals surface area contributed by atoms with Crippen molar-refractivity contribution in [2.45, 2.75) is 19.4 Å². The Labute approximate surface area is 124 Å². The second-order valence-electron chi connectivity index (χ2n) is 5.94. The highest BCUT2D eigenvalue weighted by molar-refractivity contribution is 5.97. The first-order valence-corrected chi connectivity index (χ1v) is 6.85. The van der Waals surface area contributed by atoms with Gasteiger partial charge < -0.3 is 15.3 Å². The minimum absolute atomic E-state index is 0.0545. The predicted molar refractivity (Wildman–Crippen MR) is 85.0 cm³/mol. The third kappa shape index (κ3) is 3.31. The third-order valence-electron chi connectivity index (χ3n) is 3.86. The number of fused-ring (bicyclic) bond motifs is 1. The molecule has 5 nitrogen and oxygen atoms in total. The number of hydrogen-bond acceptors (Lipinski definition) is 4. The van der Waals surface area contributed by atoms with Gasteiger partial charge in [-0.05, 0) is 39.4 Å². The molecule has 2 N–H and O–H groups in total. The fourth-order valence-corrected chi connectivity index (χ4v) is 1.90. The lowest BCUT2D eigenvalue weighted by Crippen LogP contribution is -2.44. The standard InChI is InChI=1S/C16H21N3O2/c1-16(2,19(3)4)10-17-14-12-8-6-5-7-11(12)9-13(18-14)15(20)21/h5-9H,10H2,1-4H3,(H,17,18)(H,20,21). The predicted octanol–water partition coefficient (Wildman–Crippen LogP) is 2.69. The number of nitrogens with one attached hydrogen (secondary N) is 1. The van der Waals surface area contributed by atoms with Gasteiger partial charge in [0.2, 0.25) is 0 Å². The number of nitrogens with zero attached hydrogens (tertiary/aromatic N) is 2. The zero-order valence-corrected chi connectivity index (χ0v) is 12.8. The number of anilines is 1. The summed E-state index contributed by atoms with van der Waals surface area (Å²) in [5.41, 5.74) is -0.0129. The van der Waals surface area contributed by atoms with Crippen LogP contribution in [0.3, 0.4) is 0 Å². The summed E-state index contributed by atoms with van der Waals surface area (Å²) in [5.74, 6) is -0.406. The monoisotopic (exact) mass is 287 g/mol. The Hall–Kier alpha value is -2.14. The average Bonchev–Trinajstić information content (AvgIpc) is 2.44. The van der Waals surface area contributed by atoms with Crippen LogP contribution in [0.1, 0.15) is 24.3 Å². The second-order valence-corrected chi connectivity index (χ2v) is 5.94. The van der Waals surface area contributed by atoms with Crippen molar-refractivity contribution in [3.8, 4) is 0 Å². The van der Waals surface area contributed by atoms with E-state index >= 15 is 0 Å². The maximum Gasteiger partial charge on any atom is 0.354 e.